The number of ether oxygens (including phenoxy) is 3. The number of hydrogen-bond donors (Lipinski definition) is 0. The quantitative estimate of drug-likeness (QED) is 0.531. The van der Waals surface area contributed by atoms with E-state index in [1.54, 1.807) is 20.8 Å². The predicted octanol–water partition coefficient (Wildman–Crippen LogP) is 3.02. The third-order valence-electron chi connectivity index (χ3n) is 5.95. The summed E-state index contributed by atoms with van der Waals surface area (Å²) >= 11 is 0. The average molecular weight is 366 g/mol. The second-order valence-corrected chi connectivity index (χ2v) is 8.93. The molecule has 3 saturated carbocycles. The molecule has 0 aromatic carbocycles. The predicted molar refractivity (Wildman–Crippen MR) is 93.0 cm³/mol. The highest BCUT2D eigenvalue weighted by Crippen LogP contribution is 2.59. The van der Waals surface area contributed by atoms with Crippen LogP contribution in [0.2, 0.25) is 0 Å². The Labute approximate surface area is 154 Å². The van der Waals surface area contributed by atoms with Gasteiger partial charge in [0.2, 0.25) is 0 Å². The van der Waals surface area contributed by atoms with Gasteiger partial charge in [-0.25, -0.2) is 4.79 Å². The number of carbonyl (C=O) groups excluding carboxylic acids is 3. The molecule has 0 N–H and O–H groups in total. The van der Waals surface area contributed by atoms with Crippen molar-refractivity contribution in [1.29, 1.82) is 0 Å². The van der Waals surface area contributed by atoms with Crippen LogP contribution in [0, 0.1) is 23.7 Å². The first-order valence-electron chi connectivity index (χ1n) is 9.80. The van der Waals surface area contributed by atoms with Crippen LogP contribution in [0.5, 0.6) is 0 Å². The van der Waals surface area contributed by atoms with E-state index in [0.29, 0.717) is 5.92 Å². The minimum Gasteiger partial charge on any atom is -0.462 e. The van der Waals surface area contributed by atoms with Gasteiger partial charge >= 0.3 is 17.9 Å². The molecule has 0 heterocycles. The first kappa shape index (κ1) is 19.2. The molecule has 3 aliphatic rings. The lowest BCUT2D eigenvalue weighted by Crippen LogP contribution is -2.32. The first-order chi connectivity index (χ1) is 12.2. The number of carbonyl (C=O) groups is 3. The Balaban J connectivity index is 1.33. The lowest BCUT2D eigenvalue weighted by molar-refractivity contribution is -0.167. The van der Waals surface area contributed by atoms with Gasteiger partial charge in [0.15, 0.2) is 6.61 Å². The van der Waals surface area contributed by atoms with Crippen molar-refractivity contribution in [2.24, 2.45) is 23.7 Å². The summed E-state index contributed by atoms with van der Waals surface area (Å²) in [6, 6.07) is 0. The molecule has 0 aromatic heterocycles. The minimum absolute atomic E-state index is 0.00483. The van der Waals surface area contributed by atoms with Crippen molar-refractivity contribution < 1.29 is 28.6 Å². The Morgan fingerprint density at radius 2 is 1.58 bits per heavy atom. The van der Waals surface area contributed by atoms with E-state index in [4.69, 9.17) is 14.2 Å². The van der Waals surface area contributed by atoms with E-state index in [-0.39, 0.29) is 24.9 Å². The van der Waals surface area contributed by atoms with Crippen LogP contribution in [0.1, 0.15) is 65.7 Å². The molecule has 0 aromatic rings. The Kier molecular flexibility index (Phi) is 5.58. The Hall–Kier alpha value is -1.59. The summed E-state index contributed by atoms with van der Waals surface area (Å²) in [5, 5.41) is 0. The second kappa shape index (κ2) is 7.57. The molecule has 3 fully saturated rings. The summed E-state index contributed by atoms with van der Waals surface area (Å²) in [6.07, 6.45) is 6.07. The highest BCUT2D eigenvalue weighted by atomic mass is 16.6. The van der Waals surface area contributed by atoms with E-state index in [2.05, 4.69) is 0 Å². The van der Waals surface area contributed by atoms with Crippen LogP contribution in [-0.2, 0) is 28.6 Å². The maximum Gasteiger partial charge on any atom is 0.344 e. The zero-order valence-corrected chi connectivity index (χ0v) is 16.0. The van der Waals surface area contributed by atoms with Crippen molar-refractivity contribution in [3.63, 3.8) is 0 Å². The third kappa shape index (κ3) is 4.57. The highest BCUT2D eigenvalue weighted by molar-refractivity contribution is 5.80. The molecule has 26 heavy (non-hydrogen) atoms. The SMILES string of the molecule is CC(C)(C)OC(=O)COC(=O)CCC(=O)OC1CC2CC1C1CCCC21. The van der Waals surface area contributed by atoms with E-state index in [0.717, 1.165) is 24.2 Å². The molecule has 5 atom stereocenters. The smallest absolute Gasteiger partial charge is 0.344 e. The summed E-state index contributed by atoms with van der Waals surface area (Å²) in [6.45, 7) is 4.80. The molecule has 6 heteroatoms. The fourth-order valence-corrected chi connectivity index (χ4v) is 5.16. The molecule has 6 nitrogen and oxygen atoms in total. The first-order valence-corrected chi connectivity index (χ1v) is 9.80. The lowest BCUT2D eigenvalue weighted by atomic mass is 9.80. The van der Waals surface area contributed by atoms with Crippen molar-refractivity contribution in [3.05, 3.63) is 0 Å². The lowest BCUT2D eigenvalue weighted by Gasteiger charge is -2.31. The van der Waals surface area contributed by atoms with Crippen LogP contribution >= 0.6 is 0 Å². The summed E-state index contributed by atoms with van der Waals surface area (Å²) in [4.78, 5) is 35.3. The van der Waals surface area contributed by atoms with E-state index in [1.807, 2.05) is 0 Å². The molecule has 2 bridgehead atoms. The third-order valence-corrected chi connectivity index (χ3v) is 5.95. The number of hydrogen-bond acceptors (Lipinski definition) is 6. The van der Waals surface area contributed by atoms with Gasteiger partial charge in [-0.15, -0.1) is 0 Å². The molecule has 5 unspecified atom stereocenters. The van der Waals surface area contributed by atoms with Crippen molar-refractivity contribution >= 4 is 17.9 Å². The minimum atomic E-state index is -0.619. The summed E-state index contributed by atoms with van der Waals surface area (Å²) in [5.74, 6) is 1.33. The number of fused-ring (bicyclic) bond motifs is 5. The topological polar surface area (TPSA) is 78.9 Å². The van der Waals surface area contributed by atoms with Gasteiger partial charge in [0, 0.05) is 0 Å². The second-order valence-electron chi connectivity index (χ2n) is 8.93. The van der Waals surface area contributed by atoms with Gasteiger partial charge in [-0.3, -0.25) is 9.59 Å². The molecule has 146 valence electrons. The Bertz CT molecular complexity index is 563. The zero-order valence-electron chi connectivity index (χ0n) is 16.0. The number of rotatable bonds is 6. The fourth-order valence-electron chi connectivity index (χ4n) is 5.16. The molecular weight excluding hydrogens is 336 g/mol. The summed E-state index contributed by atoms with van der Waals surface area (Å²) < 4.78 is 15.6. The van der Waals surface area contributed by atoms with Crippen molar-refractivity contribution in [3.8, 4) is 0 Å². The maximum atomic E-state index is 12.1. The van der Waals surface area contributed by atoms with Crippen LogP contribution in [0.15, 0.2) is 0 Å². The molecule has 0 spiro atoms. The van der Waals surface area contributed by atoms with Gasteiger partial charge in [0.05, 0.1) is 12.8 Å². The average Bonchev–Trinajstić information content (AvgIpc) is 3.21. The van der Waals surface area contributed by atoms with Gasteiger partial charge in [-0.1, -0.05) is 6.42 Å². The van der Waals surface area contributed by atoms with Crippen LogP contribution < -0.4 is 0 Å². The van der Waals surface area contributed by atoms with E-state index in [9.17, 15) is 14.4 Å². The normalized spacial score (nSPS) is 32.2. The van der Waals surface area contributed by atoms with Crippen molar-refractivity contribution in [1.82, 2.24) is 0 Å². The molecule has 0 amide bonds. The van der Waals surface area contributed by atoms with Crippen molar-refractivity contribution in [2.75, 3.05) is 6.61 Å². The van der Waals surface area contributed by atoms with Crippen LogP contribution in [0.4, 0.5) is 0 Å². The van der Waals surface area contributed by atoms with Gasteiger partial charge in [-0.2, -0.15) is 0 Å². The molecule has 0 saturated heterocycles. The van der Waals surface area contributed by atoms with Gasteiger partial charge in [0.1, 0.15) is 11.7 Å². The fraction of sp³-hybridized carbons (Fsp3) is 0.850. The molecule has 3 rings (SSSR count). The monoisotopic (exact) mass is 366 g/mol. The van der Waals surface area contributed by atoms with Gasteiger partial charge in [-0.05, 0) is 70.1 Å². The van der Waals surface area contributed by atoms with Gasteiger partial charge < -0.3 is 14.2 Å². The number of esters is 3. The Morgan fingerprint density at radius 1 is 0.885 bits per heavy atom. The van der Waals surface area contributed by atoms with E-state index in [1.165, 1.54) is 25.7 Å². The molecule has 3 aliphatic carbocycles. The van der Waals surface area contributed by atoms with Crippen LogP contribution in [0.25, 0.3) is 0 Å². The van der Waals surface area contributed by atoms with E-state index < -0.39 is 24.1 Å². The van der Waals surface area contributed by atoms with Crippen LogP contribution in [-0.4, -0.2) is 36.2 Å². The summed E-state index contributed by atoms with van der Waals surface area (Å²) in [7, 11) is 0. The van der Waals surface area contributed by atoms with Crippen molar-refractivity contribution in [2.45, 2.75) is 77.4 Å². The van der Waals surface area contributed by atoms with Gasteiger partial charge in [0.25, 0.3) is 0 Å². The molecular formula is C20H30O6. The van der Waals surface area contributed by atoms with Crippen LogP contribution in [0.3, 0.4) is 0 Å². The van der Waals surface area contributed by atoms with E-state index >= 15 is 0 Å². The maximum absolute atomic E-state index is 12.1. The summed E-state index contributed by atoms with van der Waals surface area (Å²) in [5.41, 5.74) is -0.619. The zero-order chi connectivity index (χ0) is 18.9. The molecule has 0 aliphatic heterocycles. The Morgan fingerprint density at radius 3 is 2.31 bits per heavy atom. The largest absolute Gasteiger partial charge is 0.462 e. The molecule has 0 radical (unpaired) electrons. The highest BCUT2D eigenvalue weighted by Gasteiger charge is 2.55. The standard InChI is InChI=1S/C20H30O6/c1-20(2,3)26-19(23)11-24-17(21)7-8-18(22)25-16-10-12-9-15(16)14-6-4-5-13(12)14/h12-16H,4-11H2,1-3H3.